The van der Waals surface area contributed by atoms with Gasteiger partial charge < -0.3 is 0 Å². The van der Waals surface area contributed by atoms with Gasteiger partial charge in [-0.05, 0) is 33.6 Å². The van der Waals surface area contributed by atoms with Crippen LogP contribution in [0.25, 0.3) is 0 Å². The molecule has 13 heavy (non-hydrogen) atoms. The monoisotopic (exact) mass is 205 g/mol. The Balaban J connectivity index is 4.78. The van der Waals surface area contributed by atoms with Crippen molar-refractivity contribution in [2.45, 2.75) is 53.0 Å². The molecule has 0 aliphatic heterocycles. The van der Waals surface area contributed by atoms with Crippen molar-refractivity contribution in [2.75, 3.05) is 11.5 Å². The first kappa shape index (κ1) is 12.9. The Hall–Kier alpha value is -0.0500. The zero-order valence-electron chi connectivity index (χ0n) is 9.59. The van der Waals surface area contributed by atoms with Crippen LogP contribution in [0.5, 0.6) is 0 Å². The Kier molecular flexibility index (Phi) is 4.97. The number of nitrogens with zero attached hydrogens (tertiary/aromatic N) is 1. The fourth-order valence-electron chi connectivity index (χ4n) is 1.33. The average Bonchev–Trinajstić information content (AvgIpc) is 1.82. The normalized spacial score (nSPS) is 13.0. The molecule has 0 aliphatic carbocycles. The van der Waals surface area contributed by atoms with Crippen molar-refractivity contribution >= 4 is 9.73 Å². The number of hydrogen-bond donors (Lipinski definition) is 0. The van der Waals surface area contributed by atoms with E-state index < -0.39 is 9.73 Å². The zero-order chi connectivity index (χ0) is 10.5. The Bertz CT molecular complexity index is 232. The molecule has 0 spiro atoms. The lowest BCUT2D eigenvalue weighted by Gasteiger charge is -2.17. The first-order valence-electron chi connectivity index (χ1n) is 5.06. The van der Waals surface area contributed by atoms with Crippen molar-refractivity contribution in [3.05, 3.63) is 0 Å². The highest BCUT2D eigenvalue weighted by Crippen LogP contribution is 2.13. The molecule has 0 rings (SSSR count). The second-order valence-corrected chi connectivity index (χ2v) is 6.99. The molecule has 3 heteroatoms. The maximum atomic E-state index is 12.2. The summed E-state index contributed by atoms with van der Waals surface area (Å²) in [6.45, 7) is 10.2. The molecular weight excluding hydrogens is 182 g/mol. The van der Waals surface area contributed by atoms with Gasteiger partial charge in [-0.2, -0.15) is 0 Å². The molecule has 0 amide bonds. The van der Waals surface area contributed by atoms with Gasteiger partial charge in [0.05, 0.1) is 5.54 Å². The van der Waals surface area contributed by atoms with E-state index >= 15 is 0 Å². The summed E-state index contributed by atoms with van der Waals surface area (Å²) in [4.78, 5) is 0. The molecule has 0 aromatic heterocycles. The number of rotatable bonds is 4. The zero-order valence-corrected chi connectivity index (χ0v) is 10.4. The van der Waals surface area contributed by atoms with Gasteiger partial charge >= 0.3 is 0 Å². The van der Waals surface area contributed by atoms with Crippen LogP contribution >= 0.6 is 0 Å². The van der Waals surface area contributed by atoms with E-state index in [1.165, 1.54) is 0 Å². The average molecular weight is 205 g/mol. The van der Waals surface area contributed by atoms with Gasteiger partial charge in [0.1, 0.15) is 0 Å². The van der Waals surface area contributed by atoms with Crippen LogP contribution in [0.3, 0.4) is 0 Å². The van der Waals surface area contributed by atoms with Crippen LogP contribution in [-0.2, 0) is 9.73 Å². The topological polar surface area (TPSA) is 29.4 Å². The van der Waals surface area contributed by atoms with E-state index in [0.717, 1.165) is 24.3 Å². The predicted octanol–water partition coefficient (Wildman–Crippen LogP) is 3.07. The van der Waals surface area contributed by atoms with Gasteiger partial charge in [0.25, 0.3) is 0 Å². The Morgan fingerprint density at radius 2 is 1.46 bits per heavy atom. The molecule has 0 unspecified atom stereocenters. The van der Waals surface area contributed by atoms with Crippen molar-refractivity contribution in [3.8, 4) is 0 Å². The molecule has 80 valence electrons. The lowest BCUT2D eigenvalue weighted by Crippen LogP contribution is -2.18. The van der Waals surface area contributed by atoms with E-state index in [-0.39, 0.29) is 5.54 Å². The second kappa shape index (κ2) is 4.99. The van der Waals surface area contributed by atoms with Crippen LogP contribution in [0.1, 0.15) is 47.5 Å². The molecular formula is C10H23NOS. The lowest BCUT2D eigenvalue weighted by molar-refractivity contribution is 0.579. The van der Waals surface area contributed by atoms with Crippen LogP contribution in [0.15, 0.2) is 4.36 Å². The molecule has 0 N–H and O–H groups in total. The third-order valence-corrected chi connectivity index (χ3v) is 4.46. The van der Waals surface area contributed by atoms with Crippen molar-refractivity contribution in [1.29, 1.82) is 0 Å². The summed E-state index contributed by atoms with van der Waals surface area (Å²) in [6.07, 6.45) is 1.91. The van der Waals surface area contributed by atoms with Gasteiger partial charge in [0.15, 0.2) is 0 Å². The molecule has 0 radical (unpaired) electrons. The minimum Gasteiger partial charge on any atom is -0.250 e. The molecule has 0 heterocycles. The summed E-state index contributed by atoms with van der Waals surface area (Å²) < 4.78 is 16.7. The van der Waals surface area contributed by atoms with Crippen molar-refractivity contribution in [1.82, 2.24) is 0 Å². The van der Waals surface area contributed by atoms with Crippen molar-refractivity contribution < 1.29 is 4.21 Å². The first-order chi connectivity index (χ1) is 5.83. The van der Waals surface area contributed by atoms with Gasteiger partial charge in [0.2, 0.25) is 0 Å². The van der Waals surface area contributed by atoms with E-state index in [4.69, 9.17) is 0 Å². The number of hydrogen-bond acceptors (Lipinski definition) is 2. The summed E-state index contributed by atoms with van der Waals surface area (Å²) in [5, 5.41) is 0. The Labute approximate surface area is 83.3 Å². The summed E-state index contributed by atoms with van der Waals surface area (Å²) >= 11 is 0. The maximum absolute atomic E-state index is 12.2. The van der Waals surface area contributed by atoms with Gasteiger partial charge in [-0.3, -0.25) is 0 Å². The third-order valence-electron chi connectivity index (χ3n) is 1.49. The minimum absolute atomic E-state index is 0.165. The molecule has 0 saturated carbocycles. The maximum Gasteiger partial charge on any atom is 0.0618 e. The van der Waals surface area contributed by atoms with Crippen molar-refractivity contribution in [2.24, 2.45) is 4.36 Å². The van der Waals surface area contributed by atoms with Gasteiger partial charge in [-0.25, -0.2) is 8.57 Å². The van der Waals surface area contributed by atoms with Crippen molar-refractivity contribution in [3.63, 3.8) is 0 Å². The molecule has 0 aromatic rings. The largest absolute Gasteiger partial charge is 0.250 e. The lowest BCUT2D eigenvalue weighted by atomic mass is 10.1. The molecule has 0 saturated heterocycles. The van der Waals surface area contributed by atoms with Crippen LogP contribution in [0.2, 0.25) is 0 Å². The first-order valence-corrected chi connectivity index (χ1v) is 6.92. The van der Waals surface area contributed by atoms with E-state index in [9.17, 15) is 4.21 Å². The van der Waals surface area contributed by atoms with Crippen LogP contribution in [0, 0.1) is 0 Å². The standard InChI is InChI=1S/C10H23NOS/c1-6-8-13(12,9-7-2)11-10(3,4)5/h6-9H2,1-5H3. The summed E-state index contributed by atoms with van der Waals surface area (Å²) in [5.41, 5.74) is -0.165. The fraction of sp³-hybridized carbons (Fsp3) is 1.00. The van der Waals surface area contributed by atoms with Crippen LogP contribution < -0.4 is 0 Å². The Morgan fingerprint density at radius 1 is 1.08 bits per heavy atom. The summed E-state index contributed by atoms with van der Waals surface area (Å²) in [5.74, 6) is 1.50. The molecule has 0 bridgehead atoms. The highest BCUT2D eigenvalue weighted by atomic mass is 32.2. The van der Waals surface area contributed by atoms with Gasteiger partial charge in [-0.1, -0.05) is 13.8 Å². The molecule has 0 fully saturated rings. The Morgan fingerprint density at radius 3 is 1.69 bits per heavy atom. The highest BCUT2D eigenvalue weighted by Gasteiger charge is 2.14. The molecule has 0 atom stereocenters. The summed E-state index contributed by atoms with van der Waals surface area (Å²) in [7, 11) is -1.92. The van der Waals surface area contributed by atoms with Gasteiger partial charge in [0, 0.05) is 21.2 Å². The van der Waals surface area contributed by atoms with E-state index in [1.807, 2.05) is 20.8 Å². The minimum atomic E-state index is -1.92. The summed E-state index contributed by atoms with van der Waals surface area (Å²) in [6, 6.07) is 0. The molecule has 0 aliphatic rings. The predicted molar refractivity (Wildman–Crippen MR) is 60.6 cm³/mol. The van der Waals surface area contributed by atoms with E-state index in [1.54, 1.807) is 0 Å². The quantitative estimate of drug-likeness (QED) is 0.693. The second-order valence-electron chi connectivity index (χ2n) is 4.44. The van der Waals surface area contributed by atoms with E-state index in [0.29, 0.717) is 0 Å². The highest BCUT2D eigenvalue weighted by molar-refractivity contribution is 7.93. The fourth-order valence-corrected chi connectivity index (χ4v) is 3.99. The molecule has 0 aromatic carbocycles. The van der Waals surface area contributed by atoms with Gasteiger partial charge in [-0.15, -0.1) is 0 Å². The SMILES string of the molecule is CCCS(=O)(CCC)=NC(C)(C)C. The smallest absolute Gasteiger partial charge is 0.0618 e. The third kappa shape index (κ3) is 6.08. The van der Waals surface area contributed by atoms with Crippen LogP contribution in [0.4, 0.5) is 0 Å². The van der Waals surface area contributed by atoms with E-state index in [2.05, 4.69) is 18.2 Å². The van der Waals surface area contributed by atoms with Crippen LogP contribution in [-0.4, -0.2) is 21.3 Å². The molecule has 2 nitrogen and oxygen atoms in total.